The van der Waals surface area contributed by atoms with Crippen molar-refractivity contribution in [2.24, 2.45) is 0 Å². The number of nitrogens with zero attached hydrogens (tertiary/aromatic N) is 5. The Labute approximate surface area is 188 Å². The molecule has 0 saturated heterocycles. The average Bonchev–Trinajstić information content (AvgIpc) is 3.29. The molecule has 0 amide bonds. The van der Waals surface area contributed by atoms with Crippen molar-refractivity contribution in [3.63, 3.8) is 0 Å². The van der Waals surface area contributed by atoms with Gasteiger partial charge in [-0.05, 0) is 65.1 Å². The van der Waals surface area contributed by atoms with E-state index in [2.05, 4.69) is 88.0 Å². The van der Waals surface area contributed by atoms with Gasteiger partial charge in [0.25, 0.3) is 0 Å². The number of hydrogen-bond donors (Lipinski definition) is 0. The molecule has 1 atom stereocenters. The summed E-state index contributed by atoms with van der Waals surface area (Å²) in [5.41, 5.74) is 6.21. The number of aryl methyl sites for hydroxylation is 2. The first kappa shape index (κ1) is 20.2. The number of tetrazole rings is 1. The van der Waals surface area contributed by atoms with Crippen LogP contribution in [-0.2, 0) is 13.0 Å². The Kier molecular flexibility index (Phi) is 5.58. The van der Waals surface area contributed by atoms with Gasteiger partial charge in [-0.1, -0.05) is 60.2 Å². The third-order valence-corrected chi connectivity index (χ3v) is 6.15. The Morgan fingerprint density at radius 3 is 2.53 bits per heavy atom. The van der Waals surface area contributed by atoms with E-state index < -0.39 is 0 Å². The molecule has 6 nitrogen and oxygen atoms in total. The molecule has 4 aromatic rings. The molecule has 5 rings (SSSR count). The second kappa shape index (κ2) is 8.83. The quantitative estimate of drug-likeness (QED) is 0.453. The lowest BCUT2D eigenvalue weighted by Crippen LogP contribution is -2.36. The molecule has 1 unspecified atom stereocenters. The topological polar surface area (TPSA) is 56.1 Å². The molecule has 6 heteroatoms. The third kappa shape index (κ3) is 3.96. The first-order valence-electron chi connectivity index (χ1n) is 11.0. The highest BCUT2D eigenvalue weighted by Gasteiger charge is 2.31. The molecule has 0 saturated carbocycles. The Balaban J connectivity index is 1.57. The summed E-state index contributed by atoms with van der Waals surface area (Å²) in [4.78, 5) is 2.46. The van der Waals surface area contributed by atoms with E-state index in [4.69, 9.17) is 4.74 Å². The van der Waals surface area contributed by atoms with E-state index in [1.165, 1.54) is 22.4 Å². The Morgan fingerprint density at radius 2 is 1.75 bits per heavy atom. The summed E-state index contributed by atoms with van der Waals surface area (Å²) in [6.45, 7) is 3.68. The highest BCUT2D eigenvalue weighted by molar-refractivity contribution is 5.58. The van der Waals surface area contributed by atoms with Gasteiger partial charge in [0, 0.05) is 12.2 Å². The van der Waals surface area contributed by atoms with Crippen LogP contribution in [0.25, 0.3) is 0 Å². The molecule has 3 aromatic carbocycles. The average molecular weight is 426 g/mol. The highest BCUT2D eigenvalue weighted by Crippen LogP contribution is 2.37. The number of benzene rings is 3. The van der Waals surface area contributed by atoms with E-state index >= 15 is 0 Å². The molecule has 0 aliphatic carbocycles. The van der Waals surface area contributed by atoms with Gasteiger partial charge in [0.1, 0.15) is 11.8 Å². The summed E-state index contributed by atoms with van der Waals surface area (Å²) in [5, 5.41) is 13.0. The van der Waals surface area contributed by atoms with Crippen molar-refractivity contribution < 1.29 is 4.74 Å². The fourth-order valence-corrected chi connectivity index (χ4v) is 4.47. The van der Waals surface area contributed by atoms with Crippen LogP contribution in [0.1, 0.15) is 40.5 Å². The molecule has 0 fully saturated rings. The summed E-state index contributed by atoms with van der Waals surface area (Å²) < 4.78 is 7.21. The monoisotopic (exact) mass is 425 g/mol. The van der Waals surface area contributed by atoms with Gasteiger partial charge in [-0.15, -0.1) is 5.10 Å². The lowest BCUT2D eigenvalue weighted by atomic mass is 9.96. The number of aromatic nitrogens is 4. The predicted molar refractivity (Wildman–Crippen MR) is 125 cm³/mol. The van der Waals surface area contributed by atoms with Crippen LogP contribution in [0, 0.1) is 6.92 Å². The number of anilines is 1. The van der Waals surface area contributed by atoms with Crippen LogP contribution in [0.5, 0.6) is 5.75 Å². The smallest absolute Gasteiger partial charge is 0.178 e. The Hall–Kier alpha value is -3.67. The minimum absolute atomic E-state index is 0.0645. The molecule has 0 spiro atoms. The van der Waals surface area contributed by atoms with Gasteiger partial charge in [0.2, 0.25) is 0 Å². The summed E-state index contributed by atoms with van der Waals surface area (Å²) in [5.74, 6) is 1.69. The lowest BCUT2D eigenvalue weighted by molar-refractivity contribution is 0.414. The molecule has 0 N–H and O–H groups in total. The van der Waals surface area contributed by atoms with Crippen LogP contribution in [-0.4, -0.2) is 33.9 Å². The number of ether oxygens (including phenoxy) is 1. The molecule has 32 heavy (non-hydrogen) atoms. The first-order valence-corrected chi connectivity index (χ1v) is 11.0. The molecule has 162 valence electrons. The van der Waals surface area contributed by atoms with Crippen LogP contribution >= 0.6 is 0 Å². The molecule has 0 bridgehead atoms. The second-order valence-electron chi connectivity index (χ2n) is 8.28. The maximum atomic E-state index is 5.29. The maximum absolute atomic E-state index is 5.29. The zero-order valence-corrected chi connectivity index (χ0v) is 18.5. The van der Waals surface area contributed by atoms with Crippen molar-refractivity contribution >= 4 is 5.69 Å². The van der Waals surface area contributed by atoms with Gasteiger partial charge >= 0.3 is 0 Å². The molecular formula is C26H27N5O. The van der Waals surface area contributed by atoms with E-state index in [9.17, 15) is 0 Å². The van der Waals surface area contributed by atoms with Crippen LogP contribution < -0.4 is 9.64 Å². The van der Waals surface area contributed by atoms with Crippen LogP contribution in [0.3, 0.4) is 0 Å². The fourth-order valence-electron chi connectivity index (χ4n) is 4.47. The standard InChI is InChI=1S/C26H27N5O/c1-19-9-13-22(14-10-19)25(30-17-5-7-21-6-3-4-8-24(21)30)26-27-28-29-31(26)18-20-11-15-23(32-2)16-12-20/h3-4,6,8-16,25H,5,7,17-18H2,1-2H3. The number of fused-ring (bicyclic) bond motifs is 1. The van der Waals surface area contributed by atoms with Crippen molar-refractivity contribution in [2.75, 3.05) is 18.6 Å². The third-order valence-electron chi connectivity index (χ3n) is 6.15. The van der Waals surface area contributed by atoms with Gasteiger partial charge in [-0.3, -0.25) is 0 Å². The molecule has 1 aliphatic rings. The summed E-state index contributed by atoms with van der Waals surface area (Å²) in [6, 6.07) is 25.4. The molecule has 1 aromatic heterocycles. The lowest BCUT2D eigenvalue weighted by Gasteiger charge is -2.37. The minimum Gasteiger partial charge on any atom is -0.497 e. The summed E-state index contributed by atoms with van der Waals surface area (Å²) in [7, 11) is 1.68. The van der Waals surface area contributed by atoms with Gasteiger partial charge in [0.05, 0.1) is 13.7 Å². The van der Waals surface area contributed by atoms with Gasteiger partial charge in [-0.25, -0.2) is 4.68 Å². The fraction of sp³-hybridized carbons (Fsp3) is 0.269. The highest BCUT2D eigenvalue weighted by atomic mass is 16.5. The largest absolute Gasteiger partial charge is 0.497 e. The minimum atomic E-state index is -0.0645. The zero-order valence-electron chi connectivity index (χ0n) is 18.5. The van der Waals surface area contributed by atoms with E-state index in [1.807, 2.05) is 16.8 Å². The van der Waals surface area contributed by atoms with Gasteiger partial charge in [0.15, 0.2) is 5.82 Å². The van der Waals surface area contributed by atoms with Gasteiger partial charge in [-0.2, -0.15) is 0 Å². The second-order valence-corrected chi connectivity index (χ2v) is 8.28. The number of methoxy groups -OCH3 is 1. The zero-order chi connectivity index (χ0) is 21.9. The maximum Gasteiger partial charge on any atom is 0.178 e. The van der Waals surface area contributed by atoms with E-state index in [1.54, 1.807) is 7.11 Å². The molecular weight excluding hydrogens is 398 g/mol. The van der Waals surface area contributed by atoms with Crippen molar-refractivity contribution in [3.8, 4) is 5.75 Å². The first-order chi connectivity index (χ1) is 15.7. The SMILES string of the molecule is COc1ccc(Cn2nnnc2C(c2ccc(C)cc2)N2CCCc3ccccc32)cc1. The van der Waals surface area contributed by atoms with Crippen LogP contribution in [0.15, 0.2) is 72.8 Å². The number of hydrogen-bond acceptors (Lipinski definition) is 5. The van der Waals surface area contributed by atoms with Crippen molar-refractivity contribution in [3.05, 3.63) is 101 Å². The molecule has 2 heterocycles. The van der Waals surface area contributed by atoms with Crippen molar-refractivity contribution in [1.82, 2.24) is 20.2 Å². The van der Waals surface area contributed by atoms with Crippen molar-refractivity contribution in [1.29, 1.82) is 0 Å². The van der Waals surface area contributed by atoms with Crippen LogP contribution in [0.4, 0.5) is 5.69 Å². The Morgan fingerprint density at radius 1 is 0.969 bits per heavy atom. The molecule has 1 aliphatic heterocycles. The molecule has 0 radical (unpaired) electrons. The van der Waals surface area contributed by atoms with E-state index in [-0.39, 0.29) is 6.04 Å². The number of rotatable bonds is 6. The Bertz CT molecular complexity index is 1180. The van der Waals surface area contributed by atoms with E-state index in [0.29, 0.717) is 6.54 Å². The predicted octanol–water partition coefficient (Wildman–Crippen LogP) is 4.58. The van der Waals surface area contributed by atoms with E-state index in [0.717, 1.165) is 36.5 Å². The number of para-hydroxylation sites is 1. The van der Waals surface area contributed by atoms with Gasteiger partial charge < -0.3 is 9.64 Å². The van der Waals surface area contributed by atoms with Crippen molar-refractivity contribution in [2.45, 2.75) is 32.4 Å². The normalized spacial score (nSPS) is 14.1. The van der Waals surface area contributed by atoms with Crippen LogP contribution in [0.2, 0.25) is 0 Å². The summed E-state index contributed by atoms with van der Waals surface area (Å²) >= 11 is 0. The summed E-state index contributed by atoms with van der Waals surface area (Å²) in [6.07, 6.45) is 2.21.